The maximum absolute atomic E-state index is 13.1. The van der Waals surface area contributed by atoms with Gasteiger partial charge < -0.3 is 21.1 Å². The Kier molecular flexibility index (Phi) is 7.46. The van der Waals surface area contributed by atoms with Gasteiger partial charge in [-0.3, -0.25) is 14.5 Å². The number of benzene rings is 3. The number of hydrogen-bond acceptors (Lipinski definition) is 6. The van der Waals surface area contributed by atoms with Crippen LogP contribution in [0.2, 0.25) is 0 Å². The van der Waals surface area contributed by atoms with Crippen LogP contribution < -0.4 is 16.4 Å². The number of primary amides is 1. The van der Waals surface area contributed by atoms with E-state index in [1.165, 1.54) is 0 Å². The molecular formula is C28H28N4O4. The third kappa shape index (κ3) is 5.61. The van der Waals surface area contributed by atoms with E-state index in [0.29, 0.717) is 34.6 Å². The van der Waals surface area contributed by atoms with E-state index in [1.54, 1.807) is 25.1 Å². The highest BCUT2D eigenvalue weighted by Crippen LogP contribution is 2.38. The predicted octanol–water partition coefficient (Wildman–Crippen LogP) is 3.71. The molecule has 8 heteroatoms. The Morgan fingerprint density at radius 2 is 1.72 bits per heavy atom. The number of amides is 2. The maximum Gasteiger partial charge on any atom is 0.338 e. The van der Waals surface area contributed by atoms with E-state index in [2.05, 4.69) is 10.6 Å². The molecule has 0 aliphatic carbocycles. The first-order valence-electron chi connectivity index (χ1n) is 11.6. The van der Waals surface area contributed by atoms with Crippen molar-refractivity contribution < 1.29 is 19.1 Å². The summed E-state index contributed by atoms with van der Waals surface area (Å²) < 4.78 is 5.09. The SMILES string of the molecule is CCOC(=O)c1ccc2c(c1)NC(=O)/C2=C(/Nc1ccc(CN(C)CC(N)=O)cc1)c1ccccc1. The number of nitrogens with two attached hydrogens (primary N) is 1. The highest BCUT2D eigenvalue weighted by atomic mass is 16.5. The van der Waals surface area contributed by atoms with Gasteiger partial charge in [0.15, 0.2) is 0 Å². The molecule has 0 saturated carbocycles. The molecule has 3 aromatic rings. The Hall–Kier alpha value is -4.43. The van der Waals surface area contributed by atoms with Crippen LogP contribution in [-0.4, -0.2) is 42.9 Å². The lowest BCUT2D eigenvalue weighted by Crippen LogP contribution is -2.30. The zero-order valence-electron chi connectivity index (χ0n) is 20.2. The number of hydrogen-bond donors (Lipinski definition) is 3. The molecule has 0 atom stereocenters. The van der Waals surface area contributed by atoms with Crippen molar-refractivity contribution in [3.63, 3.8) is 0 Å². The third-order valence-corrected chi connectivity index (χ3v) is 5.69. The topological polar surface area (TPSA) is 114 Å². The van der Waals surface area contributed by atoms with E-state index in [4.69, 9.17) is 10.5 Å². The first-order valence-corrected chi connectivity index (χ1v) is 11.6. The molecular weight excluding hydrogens is 456 g/mol. The Labute approximate surface area is 209 Å². The maximum atomic E-state index is 13.1. The summed E-state index contributed by atoms with van der Waals surface area (Å²) in [5.41, 5.74) is 10.7. The molecule has 1 aliphatic heterocycles. The van der Waals surface area contributed by atoms with Crippen LogP contribution >= 0.6 is 0 Å². The normalized spacial score (nSPS) is 13.7. The van der Waals surface area contributed by atoms with Crippen LogP contribution in [0.15, 0.2) is 72.8 Å². The molecule has 4 rings (SSSR count). The highest BCUT2D eigenvalue weighted by molar-refractivity contribution is 6.37. The minimum absolute atomic E-state index is 0.177. The Morgan fingerprint density at radius 1 is 1.00 bits per heavy atom. The first-order chi connectivity index (χ1) is 17.4. The Bertz CT molecular complexity index is 1320. The average molecular weight is 485 g/mol. The van der Waals surface area contributed by atoms with Crippen LogP contribution in [0, 0.1) is 0 Å². The second-order valence-electron chi connectivity index (χ2n) is 8.51. The largest absolute Gasteiger partial charge is 0.462 e. The van der Waals surface area contributed by atoms with Gasteiger partial charge in [0.05, 0.1) is 35.7 Å². The van der Waals surface area contributed by atoms with Crippen LogP contribution in [-0.2, 0) is 20.9 Å². The molecule has 36 heavy (non-hydrogen) atoms. The Balaban J connectivity index is 1.68. The number of carbonyl (C=O) groups is 3. The van der Waals surface area contributed by atoms with Gasteiger partial charge in [0.2, 0.25) is 5.91 Å². The molecule has 0 radical (unpaired) electrons. The number of carbonyl (C=O) groups excluding carboxylic acids is 3. The van der Waals surface area contributed by atoms with Gasteiger partial charge in [-0.05, 0) is 49.4 Å². The fraction of sp³-hybridized carbons (Fsp3) is 0.179. The van der Waals surface area contributed by atoms with Crippen molar-refractivity contribution in [2.24, 2.45) is 5.73 Å². The van der Waals surface area contributed by atoms with Gasteiger partial charge >= 0.3 is 5.97 Å². The van der Waals surface area contributed by atoms with Gasteiger partial charge in [0, 0.05) is 17.8 Å². The number of nitrogens with zero attached hydrogens (tertiary/aromatic N) is 1. The number of esters is 1. The Morgan fingerprint density at radius 3 is 2.39 bits per heavy atom. The van der Waals surface area contributed by atoms with Crippen LogP contribution in [0.25, 0.3) is 11.3 Å². The van der Waals surface area contributed by atoms with Gasteiger partial charge in [-0.25, -0.2) is 4.79 Å². The molecule has 0 bridgehead atoms. The van der Waals surface area contributed by atoms with Crippen molar-refractivity contribution in [1.82, 2.24) is 4.90 Å². The zero-order chi connectivity index (χ0) is 25.7. The van der Waals surface area contributed by atoms with Crippen molar-refractivity contribution in [3.05, 3.63) is 95.1 Å². The summed E-state index contributed by atoms with van der Waals surface area (Å²) in [6, 6.07) is 22.4. The monoisotopic (exact) mass is 484 g/mol. The first kappa shape index (κ1) is 24.7. The molecule has 0 fully saturated rings. The molecule has 8 nitrogen and oxygen atoms in total. The number of ether oxygens (including phenoxy) is 1. The van der Waals surface area contributed by atoms with Crippen molar-refractivity contribution in [2.75, 3.05) is 30.8 Å². The molecule has 0 unspecified atom stereocenters. The minimum atomic E-state index is -0.435. The van der Waals surface area contributed by atoms with Gasteiger partial charge in [0.1, 0.15) is 0 Å². The molecule has 0 saturated heterocycles. The lowest BCUT2D eigenvalue weighted by molar-refractivity contribution is -0.119. The van der Waals surface area contributed by atoms with Crippen LogP contribution in [0.3, 0.4) is 0 Å². The number of nitrogens with one attached hydrogen (secondary N) is 2. The van der Waals surface area contributed by atoms with E-state index in [9.17, 15) is 14.4 Å². The summed E-state index contributed by atoms with van der Waals surface area (Å²) in [5.74, 6) is -1.07. The molecule has 0 aromatic heterocycles. The molecule has 1 heterocycles. The van der Waals surface area contributed by atoms with Crippen molar-refractivity contribution in [3.8, 4) is 0 Å². The molecule has 2 amide bonds. The summed E-state index contributed by atoms with van der Waals surface area (Å²) in [5, 5.41) is 6.30. The van der Waals surface area contributed by atoms with Gasteiger partial charge in [-0.15, -0.1) is 0 Å². The summed E-state index contributed by atoms with van der Waals surface area (Å²) in [4.78, 5) is 38.3. The van der Waals surface area contributed by atoms with Crippen LogP contribution in [0.4, 0.5) is 11.4 Å². The quantitative estimate of drug-likeness (QED) is 0.315. The number of likely N-dealkylation sites (N-methyl/N-ethyl adjacent to an activating group) is 1. The second kappa shape index (κ2) is 10.9. The molecule has 184 valence electrons. The second-order valence-corrected chi connectivity index (χ2v) is 8.51. The summed E-state index contributed by atoms with van der Waals surface area (Å²) >= 11 is 0. The van der Waals surface area contributed by atoms with Gasteiger partial charge in [0.25, 0.3) is 5.91 Å². The molecule has 0 spiro atoms. The van der Waals surface area contributed by atoms with E-state index in [0.717, 1.165) is 16.8 Å². The standard InChI is InChI=1S/C28H28N4O4/c1-3-36-28(35)20-11-14-22-23(15-20)31-27(34)25(22)26(19-7-5-4-6-8-19)30-21-12-9-18(10-13-21)16-32(2)17-24(29)33/h4-15,30H,3,16-17H2,1-2H3,(H2,29,33)(H,31,34)/b26-25+. The van der Waals surface area contributed by atoms with E-state index >= 15 is 0 Å². The fourth-order valence-corrected chi connectivity index (χ4v) is 4.12. The van der Waals surface area contributed by atoms with Crippen LogP contribution in [0.5, 0.6) is 0 Å². The lowest BCUT2D eigenvalue weighted by Gasteiger charge is -2.17. The number of fused-ring (bicyclic) bond motifs is 1. The van der Waals surface area contributed by atoms with E-state index in [1.807, 2.05) is 66.5 Å². The van der Waals surface area contributed by atoms with Gasteiger partial charge in [-0.1, -0.05) is 48.5 Å². The number of rotatable bonds is 9. The lowest BCUT2D eigenvalue weighted by atomic mass is 9.99. The molecule has 1 aliphatic rings. The van der Waals surface area contributed by atoms with Crippen molar-refractivity contribution in [2.45, 2.75) is 13.5 Å². The zero-order valence-corrected chi connectivity index (χ0v) is 20.2. The predicted molar refractivity (Wildman–Crippen MR) is 140 cm³/mol. The highest BCUT2D eigenvalue weighted by Gasteiger charge is 2.29. The summed E-state index contributed by atoms with van der Waals surface area (Å²) in [6.45, 7) is 2.78. The summed E-state index contributed by atoms with van der Waals surface area (Å²) in [6.07, 6.45) is 0. The average Bonchev–Trinajstić information content (AvgIpc) is 3.18. The minimum Gasteiger partial charge on any atom is -0.462 e. The number of anilines is 2. The molecule has 4 N–H and O–H groups in total. The summed E-state index contributed by atoms with van der Waals surface area (Å²) in [7, 11) is 1.83. The van der Waals surface area contributed by atoms with Crippen LogP contribution in [0.1, 0.15) is 34.0 Å². The smallest absolute Gasteiger partial charge is 0.338 e. The third-order valence-electron chi connectivity index (χ3n) is 5.69. The van der Waals surface area contributed by atoms with E-state index in [-0.39, 0.29) is 25.0 Å². The van der Waals surface area contributed by atoms with E-state index < -0.39 is 5.97 Å². The van der Waals surface area contributed by atoms with Gasteiger partial charge in [-0.2, -0.15) is 0 Å². The fourth-order valence-electron chi connectivity index (χ4n) is 4.12. The van der Waals surface area contributed by atoms with Crippen molar-refractivity contribution >= 4 is 40.4 Å². The molecule has 3 aromatic carbocycles. The van der Waals surface area contributed by atoms with Crippen molar-refractivity contribution in [1.29, 1.82) is 0 Å².